The van der Waals surface area contributed by atoms with Gasteiger partial charge in [-0.05, 0) is 18.2 Å². The fourth-order valence-corrected chi connectivity index (χ4v) is 1.45. The van der Waals surface area contributed by atoms with Crippen molar-refractivity contribution >= 4 is 29.2 Å². The van der Waals surface area contributed by atoms with Gasteiger partial charge in [0.2, 0.25) is 11.9 Å². The van der Waals surface area contributed by atoms with Gasteiger partial charge in [-0.1, -0.05) is 11.6 Å². The van der Waals surface area contributed by atoms with Crippen molar-refractivity contribution in [2.75, 3.05) is 18.2 Å². The molecule has 0 spiro atoms. The zero-order chi connectivity index (χ0) is 13.1. The molecular formula is C10H9ClFN5O. The SMILES string of the molecule is COc1nc(N)nc(Nc2ccc(F)cc2Cl)n1. The lowest BCUT2D eigenvalue weighted by molar-refractivity contribution is 0.380. The smallest absolute Gasteiger partial charge is 0.322 e. The van der Waals surface area contributed by atoms with Gasteiger partial charge in [-0.25, -0.2) is 4.39 Å². The van der Waals surface area contributed by atoms with Gasteiger partial charge in [-0.3, -0.25) is 0 Å². The lowest BCUT2D eigenvalue weighted by Gasteiger charge is -2.07. The van der Waals surface area contributed by atoms with E-state index in [1.807, 2.05) is 0 Å². The van der Waals surface area contributed by atoms with Gasteiger partial charge in [0, 0.05) is 0 Å². The Balaban J connectivity index is 2.30. The lowest BCUT2D eigenvalue weighted by atomic mass is 10.3. The third kappa shape index (κ3) is 2.75. The molecule has 0 aliphatic heterocycles. The maximum atomic E-state index is 12.9. The lowest BCUT2D eigenvalue weighted by Crippen LogP contribution is -2.05. The van der Waals surface area contributed by atoms with Crippen LogP contribution in [-0.4, -0.2) is 22.1 Å². The molecule has 0 radical (unpaired) electrons. The van der Waals surface area contributed by atoms with Crippen LogP contribution in [0, 0.1) is 5.82 Å². The highest BCUT2D eigenvalue weighted by molar-refractivity contribution is 6.33. The van der Waals surface area contributed by atoms with Crippen LogP contribution in [0.3, 0.4) is 0 Å². The summed E-state index contributed by atoms with van der Waals surface area (Å²) in [7, 11) is 1.41. The van der Waals surface area contributed by atoms with Crippen LogP contribution in [0.25, 0.3) is 0 Å². The van der Waals surface area contributed by atoms with Crippen molar-refractivity contribution in [2.45, 2.75) is 0 Å². The van der Waals surface area contributed by atoms with Crippen LogP contribution in [0.15, 0.2) is 18.2 Å². The quantitative estimate of drug-likeness (QED) is 0.886. The van der Waals surface area contributed by atoms with E-state index < -0.39 is 5.82 Å². The first-order chi connectivity index (χ1) is 8.58. The molecule has 0 fully saturated rings. The molecule has 0 saturated heterocycles. The van der Waals surface area contributed by atoms with Crippen LogP contribution in [0.2, 0.25) is 5.02 Å². The van der Waals surface area contributed by atoms with Crippen LogP contribution in [0.4, 0.5) is 22.0 Å². The Morgan fingerprint density at radius 3 is 2.78 bits per heavy atom. The molecule has 2 aromatic rings. The highest BCUT2D eigenvalue weighted by atomic mass is 35.5. The van der Waals surface area contributed by atoms with E-state index in [1.54, 1.807) is 0 Å². The fourth-order valence-electron chi connectivity index (χ4n) is 1.23. The predicted molar refractivity (Wildman–Crippen MR) is 65.5 cm³/mol. The maximum Gasteiger partial charge on any atom is 0.322 e. The van der Waals surface area contributed by atoms with Gasteiger partial charge in [0.05, 0.1) is 17.8 Å². The summed E-state index contributed by atoms with van der Waals surface area (Å²) in [6, 6.07) is 3.97. The molecule has 1 heterocycles. The largest absolute Gasteiger partial charge is 0.467 e. The average molecular weight is 270 g/mol. The van der Waals surface area contributed by atoms with Crippen molar-refractivity contribution in [3.05, 3.63) is 29.0 Å². The summed E-state index contributed by atoms with van der Waals surface area (Å²) >= 11 is 5.86. The number of rotatable bonds is 3. The minimum absolute atomic E-state index is 0.00239. The van der Waals surface area contributed by atoms with E-state index in [4.69, 9.17) is 22.1 Å². The molecule has 0 amide bonds. The maximum absolute atomic E-state index is 12.9. The van der Waals surface area contributed by atoms with Crippen molar-refractivity contribution in [1.82, 2.24) is 15.0 Å². The second-order valence-electron chi connectivity index (χ2n) is 3.25. The second kappa shape index (κ2) is 5.01. The molecule has 0 unspecified atom stereocenters. The Morgan fingerprint density at radius 1 is 1.33 bits per heavy atom. The summed E-state index contributed by atoms with van der Waals surface area (Å²) in [5.41, 5.74) is 5.93. The summed E-state index contributed by atoms with van der Waals surface area (Å²) in [6.45, 7) is 0. The van der Waals surface area contributed by atoms with Crippen molar-refractivity contribution in [3.8, 4) is 6.01 Å². The van der Waals surface area contributed by atoms with Crippen LogP contribution in [0.1, 0.15) is 0 Å². The number of hydrogen-bond acceptors (Lipinski definition) is 6. The normalized spacial score (nSPS) is 10.2. The van der Waals surface area contributed by atoms with Crippen molar-refractivity contribution in [1.29, 1.82) is 0 Å². The first-order valence-corrected chi connectivity index (χ1v) is 5.24. The number of aromatic nitrogens is 3. The Hall–Kier alpha value is -2.15. The predicted octanol–water partition coefficient (Wildman–Crippen LogP) is 2.00. The van der Waals surface area contributed by atoms with Gasteiger partial charge in [0.15, 0.2) is 0 Å². The standard InChI is InChI=1S/C10H9ClFN5O/c1-18-10-16-8(13)15-9(17-10)14-7-3-2-5(12)4-6(7)11/h2-4H,1H3,(H3,13,14,15,16,17). The topological polar surface area (TPSA) is 86.0 Å². The minimum atomic E-state index is -0.432. The van der Waals surface area contributed by atoms with E-state index in [9.17, 15) is 4.39 Å². The molecule has 2 rings (SSSR count). The molecule has 94 valence electrons. The molecule has 3 N–H and O–H groups in total. The molecule has 8 heteroatoms. The molecule has 0 aliphatic rings. The van der Waals surface area contributed by atoms with Gasteiger partial charge in [-0.15, -0.1) is 0 Å². The number of methoxy groups -OCH3 is 1. The molecule has 1 aromatic heterocycles. The zero-order valence-electron chi connectivity index (χ0n) is 9.32. The number of nitrogens with one attached hydrogen (secondary N) is 1. The molecule has 0 atom stereocenters. The summed E-state index contributed by atoms with van der Waals surface area (Å²) in [4.78, 5) is 11.5. The number of halogens is 2. The average Bonchev–Trinajstić information content (AvgIpc) is 2.32. The second-order valence-corrected chi connectivity index (χ2v) is 3.66. The van der Waals surface area contributed by atoms with E-state index in [1.165, 1.54) is 25.3 Å². The molecule has 1 aromatic carbocycles. The van der Waals surface area contributed by atoms with Crippen LogP contribution in [0.5, 0.6) is 6.01 Å². The summed E-state index contributed by atoms with van der Waals surface area (Å²) in [6.07, 6.45) is 0. The highest BCUT2D eigenvalue weighted by Gasteiger charge is 2.07. The van der Waals surface area contributed by atoms with Crippen LogP contribution >= 0.6 is 11.6 Å². The minimum Gasteiger partial charge on any atom is -0.467 e. The van der Waals surface area contributed by atoms with E-state index in [0.29, 0.717) is 5.69 Å². The van der Waals surface area contributed by atoms with E-state index >= 15 is 0 Å². The summed E-state index contributed by atoms with van der Waals surface area (Å²) < 4.78 is 17.7. The van der Waals surface area contributed by atoms with Gasteiger partial charge in [-0.2, -0.15) is 15.0 Å². The first-order valence-electron chi connectivity index (χ1n) is 4.86. The van der Waals surface area contributed by atoms with E-state index in [2.05, 4.69) is 20.3 Å². The first kappa shape index (κ1) is 12.3. The fraction of sp³-hybridized carbons (Fsp3) is 0.100. The van der Waals surface area contributed by atoms with Gasteiger partial charge in [0.25, 0.3) is 0 Å². The van der Waals surface area contributed by atoms with Gasteiger partial charge < -0.3 is 15.8 Å². The van der Waals surface area contributed by atoms with Crippen molar-refractivity contribution < 1.29 is 9.13 Å². The summed E-state index contributed by atoms with van der Waals surface area (Å²) in [5, 5.41) is 3.00. The number of ether oxygens (including phenoxy) is 1. The number of nitrogens with zero attached hydrogens (tertiary/aromatic N) is 3. The number of benzene rings is 1. The zero-order valence-corrected chi connectivity index (χ0v) is 10.1. The third-order valence-corrected chi connectivity index (χ3v) is 2.31. The molecule has 0 bridgehead atoms. The number of anilines is 3. The van der Waals surface area contributed by atoms with Crippen LogP contribution < -0.4 is 15.8 Å². The van der Waals surface area contributed by atoms with Crippen LogP contribution in [-0.2, 0) is 0 Å². The Labute approximate surface area is 107 Å². The number of nitrogen functional groups attached to an aromatic ring is 1. The number of hydrogen-bond donors (Lipinski definition) is 2. The van der Waals surface area contributed by atoms with Crippen molar-refractivity contribution in [3.63, 3.8) is 0 Å². The third-order valence-electron chi connectivity index (χ3n) is 1.99. The number of nitrogens with two attached hydrogens (primary N) is 1. The van der Waals surface area contributed by atoms with Gasteiger partial charge in [0.1, 0.15) is 5.82 Å². The molecule has 6 nitrogen and oxygen atoms in total. The van der Waals surface area contributed by atoms with Gasteiger partial charge >= 0.3 is 6.01 Å². The highest BCUT2D eigenvalue weighted by Crippen LogP contribution is 2.25. The monoisotopic (exact) mass is 269 g/mol. The van der Waals surface area contributed by atoms with E-state index in [-0.39, 0.29) is 22.9 Å². The van der Waals surface area contributed by atoms with E-state index in [0.717, 1.165) is 0 Å². The molecule has 0 saturated carbocycles. The summed E-state index contributed by atoms with van der Waals surface area (Å²) in [5.74, 6) is -0.270. The Bertz CT molecular complexity index is 580. The van der Waals surface area contributed by atoms with Crippen molar-refractivity contribution in [2.24, 2.45) is 0 Å². The molecule has 18 heavy (non-hydrogen) atoms. The molecule has 0 aliphatic carbocycles. The Morgan fingerprint density at radius 2 is 2.11 bits per heavy atom. The Kier molecular flexibility index (Phi) is 3.42. The molecular weight excluding hydrogens is 261 g/mol.